The van der Waals surface area contributed by atoms with Gasteiger partial charge in [0.05, 0.1) is 13.2 Å². The number of hydrogen-bond donors (Lipinski definition) is 0. The highest BCUT2D eigenvalue weighted by Gasteiger charge is 2.20. The Hall–Kier alpha value is 0.110. The summed E-state index contributed by atoms with van der Waals surface area (Å²) in [7, 11) is -2.80. The van der Waals surface area contributed by atoms with Crippen LogP contribution in [0.5, 0.6) is 0 Å². The Morgan fingerprint density at radius 2 is 1.67 bits per heavy atom. The second kappa shape index (κ2) is 8.28. The molecule has 0 aliphatic heterocycles. The summed E-state index contributed by atoms with van der Waals surface area (Å²) in [6.07, 6.45) is 0.444. The van der Waals surface area contributed by atoms with E-state index in [1.54, 1.807) is 0 Å². The van der Waals surface area contributed by atoms with Crippen molar-refractivity contribution in [2.75, 3.05) is 39.0 Å². The van der Waals surface area contributed by atoms with Crippen LogP contribution in [0.4, 0.5) is 0 Å². The zero-order valence-corrected chi connectivity index (χ0v) is 11.3. The molecule has 0 fully saturated rings. The van der Waals surface area contributed by atoms with E-state index >= 15 is 0 Å². The van der Waals surface area contributed by atoms with Crippen LogP contribution >= 0.6 is 7.60 Å². The van der Waals surface area contributed by atoms with Crippen LogP contribution in [0.15, 0.2) is 0 Å². The molecule has 0 saturated heterocycles. The monoisotopic (exact) mass is 237 g/mol. The Morgan fingerprint density at radius 3 is 2.07 bits per heavy atom. The summed E-state index contributed by atoms with van der Waals surface area (Å²) >= 11 is 0. The van der Waals surface area contributed by atoms with Crippen molar-refractivity contribution in [3.05, 3.63) is 0 Å². The predicted molar refractivity (Wildman–Crippen MR) is 63.5 cm³/mol. The molecule has 0 bridgehead atoms. The highest BCUT2D eigenvalue weighted by atomic mass is 31.2. The lowest BCUT2D eigenvalue weighted by Crippen LogP contribution is -2.26. The van der Waals surface area contributed by atoms with Crippen molar-refractivity contribution in [1.29, 1.82) is 0 Å². The third-order valence-electron chi connectivity index (χ3n) is 2.30. The van der Waals surface area contributed by atoms with Crippen LogP contribution in [-0.2, 0) is 13.6 Å². The predicted octanol–water partition coefficient (Wildman–Crippen LogP) is 2.59. The van der Waals surface area contributed by atoms with Crippen molar-refractivity contribution in [1.82, 2.24) is 4.90 Å². The second-order valence-electron chi connectivity index (χ2n) is 3.21. The van der Waals surface area contributed by atoms with Crippen molar-refractivity contribution >= 4 is 7.60 Å². The molecular formula is C10H24NO3P. The number of hydrogen-bond acceptors (Lipinski definition) is 4. The number of rotatable bonds is 9. The zero-order valence-electron chi connectivity index (χ0n) is 10.4. The van der Waals surface area contributed by atoms with Gasteiger partial charge in [0.15, 0.2) is 0 Å². The fraction of sp³-hybridized carbons (Fsp3) is 1.00. The fourth-order valence-electron chi connectivity index (χ4n) is 1.27. The molecule has 4 nitrogen and oxygen atoms in total. The van der Waals surface area contributed by atoms with Crippen molar-refractivity contribution < 1.29 is 13.6 Å². The van der Waals surface area contributed by atoms with E-state index in [-0.39, 0.29) is 0 Å². The van der Waals surface area contributed by atoms with E-state index in [4.69, 9.17) is 9.05 Å². The fourth-order valence-corrected chi connectivity index (χ4v) is 2.46. The maximum atomic E-state index is 11.9. The molecule has 0 aromatic heterocycles. The van der Waals surface area contributed by atoms with E-state index in [1.165, 1.54) is 0 Å². The number of nitrogens with zero attached hydrogens (tertiary/aromatic N) is 1. The van der Waals surface area contributed by atoms with E-state index in [9.17, 15) is 4.57 Å². The van der Waals surface area contributed by atoms with Gasteiger partial charge in [0, 0.05) is 12.7 Å². The molecule has 0 rings (SSSR count). The Morgan fingerprint density at radius 1 is 1.07 bits per heavy atom. The van der Waals surface area contributed by atoms with E-state index in [0.29, 0.717) is 19.4 Å². The molecule has 0 heterocycles. The Labute approximate surface area is 93.5 Å². The summed E-state index contributed by atoms with van der Waals surface area (Å²) in [5.41, 5.74) is 0. The standard InChI is InChI=1S/C10H24NO3P/c1-5-11(6-2)9-10-14-15(12,8-4)13-7-3/h5-10H2,1-4H3. The van der Waals surface area contributed by atoms with Crippen LogP contribution in [0.3, 0.4) is 0 Å². The first-order valence-electron chi connectivity index (χ1n) is 5.72. The van der Waals surface area contributed by atoms with Gasteiger partial charge in [0.2, 0.25) is 0 Å². The first-order chi connectivity index (χ1) is 7.11. The molecular weight excluding hydrogens is 213 g/mol. The van der Waals surface area contributed by atoms with Crippen LogP contribution in [0, 0.1) is 0 Å². The maximum absolute atomic E-state index is 11.9. The molecule has 0 N–H and O–H groups in total. The SMILES string of the molecule is CCOP(=O)(CC)OCCN(CC)CC. The van der Waals surface area contributed by atoms with Crippen LogP contribution in [-0.4, -0.2) is 43.9 Å². The molecule has 92 valence electrons. The van der Waals surface area contributed by atoms with Gasteiger partial charge in [-0.3, -0.25) is 4.57 Å². The maximum Gasteiger partial charge on any atom is 0.330 e. The zero-order chi connectivity index (χ0) is 11.7. The molecule has 0 spiro atoms. The Kier molecular flexibility index (Phi) is 8.34. The first kappa shape index (κ1) is 15.1. The van der Waals surface area contributed by atoms with Gasteiger partial charge in [-0.05, 0) is 20.0 Å². The molecule has 0 amide bonds. The third kappa shape index (κ3) is 6.31. The molecule has 0 saturated carbocycles. The Bertz CT molecular complexity index is 195. The molecule has 15 heavy (non-hydrogen) atoms. The molecule has 0 radical (unpaired) electrons. The third-order valence-corrected chi connectivity index (χ3v) is 4.31. The van der Waals surface area contributed by atoms with E-state index in [0.717, 1.165) is 19.6 Å². The Balaban J connectivity index is 3.85. The molecule has 1 unspecified atom stereocenters. The van der Waals surface area contributed by atoms with Crippen LogP contribution in [0.25, 0.3) is 0 Å². The normalized spacial score (nSPS) is 15.5. The second-order valence-corrected chi connectivity index (χ2v) is 5.58. The minimum Gasteiger partial charge on any atom is -0.309 e. The highest BCUT2D eigenvalue weighted by molar-refractivity contribution is 7.53. The lowest BCUT2D eigenvalue weighted by Gasteiger charge is -2.20. The first-order valence-corrected chi connectivity index (χ1v) is 7.45. The average Bonchev–Trinajstić information content (AvgIpc) is 2.25. The van der Waals surface area contributed by atoms with E-state index in [1.807, 2.05) is 13.8 Å². The van der Waals surface area contributed by atoms with Gasteiger partial charge >= 0.3 is 7.60 Å². The van der Waals surface area contributed by atoms with Crippen LogP contribution in [0.2, 0.25) is 0 Å². The van der Waals surface area contributed by atoms with Gasteiger partial charge in [0.1, 0.15) is 0 Å². The average molecular weight is 237 g/mol. The molecule has 0 aliphatic rings. The summed E-state index contributed by atoms with van der Waals surface area (Å²) in [4.78, 5) is 2.23. The topological polar surface area (TPSA) is 38.8 Å². The van der Waals surface area contributed by atoms with Gasteiger partial charge in [-0.2, -0.15) is 0 Å². The van der Waals surface area contributed by atoms with Gasteiger partial charge in [-0.25, -0.2) is 0 Å². The smallest absolute Gasteiger partial charge is 0.309 e. The minimum absolute atomic E-state index is 0.441. The van der Waals surface area contributed by atoms with Crippen LogP contribution in [0.1, 0.15) is 27.7 Å². The van der Waals surface area contributed by atoms with E-state index < -0.39 is 7.60 Å². The van der Waals surface area contributed by atoms with Gasteiger partial charge in [0.25, 0.3) is 0 Å². The molecule has 5 heteroatoms. The molecule has 1 atom stereocenters. The van der Waals surface area contributed by atoms with Crippen molar-refractivity contribution in [3.63, 3.8) is 0 Å². The summed E-state index contributed by atoms with van der Waals surface area (Å²) in [6.45, 7) is 11.6. The summed E-state index contributed by atoms with van der Waals surface area (Å²) < 4.78 is 22.4. The molecule has 0 aromatic carbocycles. The summed E-state index contributed by atoms with van der Waals surface area (Å²) in [5.74, 6) is 0. The van der Waals surface area contributed by atoms with Gasteiger partial charge < -0.3 is 13.9 Å². The number of likely N-dealkylation sites (N-methyl/N-ethyl adjacent to an activating group) is 1. The lowest BCUT2D eigenvalue weighted by molar-refractivity contribution is 0.180. The van der Waals surface area contributed by atoms with E-state index in [2.05, 4.69) is 18.7 Å². The quantitative estimate of drug-likeness (QED) is 0.578. The van der Waals surface area contributed by atoms with Crippen molar-refractivity contribution in [2.45, 2.75) is 27.7 Å². The minimum atomic E-state index is -2.80. The lowest BCUT2D eigenvalue weighted by atomic mass is 10.5. The van der Waals surface area contributed by atoms with Gasteiger partial charge in [-0.1, -0.05) is 20.8 Å². The van der Waals surface area contributed by atoms with Gasteiger partial charge in [-0.15, -0.1) is 0 Å². The summed E-state index contributed by atoms with van der Waals surface area (Å²) in [6, 6.07) is 0. The summed E-state index contributed by atoms with van der Waals surface area (Å²) in [5, 5.41) is 0. The highest BCUT2D eigenvalue weighted by Crippen LogP contribution is 2.47. The van der Waals surface area contributed by atoms with Crippen LogP contribution < -0.4 is 0 Å². The molecule has 0 aromatic rings. The largest absolute Gasteiger partial charge is 0.330 e. The van der Waals surface area contributed by atoms with Crippen molar-refractivity contribution in [3.8, 4) is 0 Å². The molecule has 0 aliphatic carbocycles. The van der Waals surface area contributed by atoms with Crippen molar-refractivity contribution in [2.24, 2.45) is 0 Å².